The van der Waals surface area contributed by atoms with Gasteiger partial charge in [0, 0.05) is 47.6 Å². The fourth-order valence-electron chi connectivity index (χ4n) is 9.35. The summed E-state index contributed by atoms with van der Waals surface area (Å²) in [5.41, 5.74) is 9.22. The van der Waals surface area contributed by atoms with E-state index in [2.05, 4.69) is 103 Å². The summed E-state index contributed by atoms with van der Waals surface area (Å²) in [6.07, 6.45) is 0. The monoisotopic (exact) mass is 865 g/mol. The van der Waals surface area contributed by atoms with E-state index in [-0.39, 0.29) is 57.8 Å². The van der Waals surface area contributed by atoms with Crippen molar-refractivity contribution in [3.8, 4) is 73.2 Å². The van der Waals surface area contributed by atoms with E-state index in [9.17, 15) is 2.74 Å². The molecule has 0 aliphatic rings. The average Bonchev–Trinajstić information content (AvgIpc) is 4.01. The number of hydrogen-bond acceptors (Lipinski definition) is 4. The maximum atomic E-state index is 9.26. The molecule has 0 bridgehead atoms. The molecule has 0 amide bonds. The molecule has 0 aliphatic carbocycles. The van der Waals surface area contributed by atoms with Gasteiger partial charge in [0.05, 0.1) is 26.3 Å². The fraction of sp³-hybridized carbons (Fsp3) is 0. The van der Waals surface area contributed by atoms with E-state index in [0.717, 1.165) is 49.7 Å². The van der Waals surface area contributed by atoms with Crippen LogP contribution < -0.4 is 0 Å². The van der Waals surface area contributed by atoms with Gasteiger partial charge in [-0.25, -0.2) is 15.0 Å². The van der Waals surface area contributed by atoms with Gasteiger partial charge in [-0.1, -0.05) is 188 Å². The molecule has 0 unspecified atom stereocenters. The van der Waals surface area contributed by atoms with Crippen LogP contribution in [0.15, 0.2) is 230 Å². The molecule has 0 spiro atoms. The molecule has 0 saturated heterocycles. The quantitative estimate of drug-likeness (QED) is 0.160. The van der Waals surface area contributed by atoms with Gasteiger partial charge in [-0.05, 0) is 86.6 Å². The molecule has 4 nitrogen and oxygen atoms in total. The molecule has 0 atom stereocenters. The number of aromatic nitrogens is 4. The van der Waals surface area contributed by atoms with E-state index < -0.39 is 12.1 Å². The first-order valence-electron chi connectivity index (χ1n) is 25.2. The molecule has 66 heavy (non-hydrogen) atoms. The molecule has 0 N–H and O–H groups in total. The van der Waals surface area contributed by atoms with E-state index >= 15 is 0 Å². The van der Waals surface area contributed by atoms with Crippen LogP contribution in [0.25, 0.3) is 126 Å². The third kappa shape index (κ3) is 6.32. The van der Waals surface area contributed by atoms with Crippen LogP contribution in [-0.2, 0) is 0 Å². The minimum Gasteiger partial charge on any atom is -0.309 e. The molecular formula is C61H38N4S. The number of benzene rings is 10. The Kier molecular flexibility index (Phi) is 7.43. The van der Waals surface area contributed by atoms with E-state index in [4.69, 9.17) is 21.8 Å². The second-order valence-electron chi connectivity index (χ2n) is 16.2. The van der Waals surface area contributed by atoms with Crippen molar-refractivity contribution in [2.75, 3.05) is 0 Å². The van der Waals surface area contributed by atoms with Crippen molar-refractivity contribution >= 4 is 64.1 Å². The molecule has 10 aromatic carbocycles. The van der Waals surface area contributed by atoms with Crippen LogP contribution in [-0.4, -0.2) is 19.5 Å². The van der Waals surface area contributed by atoms with Crippen LogP contribution in [0.4, 0.5) is 0 Å². The summed E-state index contributed by atoms with van der Waals surface area (Å²) < 4.78 is 66.6. The van der Waals surface area contributed by atoms with Crippen LogP contribution in [0.5, 0.6) is 0 Å². The normalized spacial score (nSPS) is 13.1. The highest BCUT2D eigenvalue weighted by atomic mass is 32.1. The second kappa shape index (κ2) is 15.6. The Morgan fingerprint density at radius 2 is 0.939 bits per heavy atom. The summed E-state index contributed by atoms with van der Waals surface area (Å²) in [6, 6.07) is 60.8. The zero-order chi connectivity index (χ0) is 49.6. The Bertz CT molecular complexity index is 4420. The third-order valence-corrected chi connectivity index (χ3v) is 13.6. The summed E-state index contributed by atoms with van der Waals surface area (Å²) in [5, 5.41) is 4.49. The number of rotatable bonds is 7. The van der Waals surface area contributed by atoms with Crippen molar-refractivity contribution in [1.82, 2.24) is 19.5 Å². The molecule has 0 fully saturated rings. The van der Waals surface area contributed by atoms with Gasteiger partial charge in [0.1, 0.15) is 0 Å². The molecule has 308 valence electrons. The highest BCUT2D eigenvalue weighted by Crippen LogP contribution is 2.43. The van der Waals surface area contributed by atoms with Crippen molar-refractivity contribution in [2.24, 2.45) is 0 Å². The van der Waals surface area contributed by atoms with Gasteiger partial charge in [0.25, 0.3) is 0 Å². The van der Waals surface area contributed by atoms with Crippen molar-refractivity contribution < 1.29 is 9.60 Å². The van der Waals surface area contributed by atoms with E-state index in [1.165, 1.54) is 31.8 Å². The Morgan fingerprint density at radius 1 is 0.348 bits per heavy atom. The molecule has 13 rings (SSSR count). The SMILES string of the molecule is [2H]c1cc([2H])c2c(c1[2H])c1c([2H])c([2H])c([2H])c([2H])c1n2-c1ccccc1-c1nc(-c2cccc(-c3cccc4c3sc3ccc(-c5ccccc5)cc34)c2)nc(-c2cccc3c(-c4ccccc4)cccc23)n1. The van der Waals surface area contributed by atoms with E-state index in [1.807, 2.05) is 72.8 Å². The Balaban J connectivity index is 1.05. The van der Waals surface area contributed by atoms with Crippen LogP contribution >= 0.6 is 11.3 Å². The lowest BCUT2D eigenvalue weighted by molar-refractivity contribution is 1.07. The number of fused-ring (bicyclic) bond motifs is 7. The fourth-order valence-corrected chi connectivity index (χ4v) is 10.6. The van der Waals surface area contributed by atoms with Gasteiger partial charge < -0.3 is 4.57 Å². The van der Waals surface area contributed by atoms with Crippen molar-refractivity contribution in [3.05, 3.63) is 230 Å². The first-order chi connectivity index (χ1) is 35.6. The largest absolute Gasteiger partial charge is 0.309 e. The lowest BCUT2D eigenvalue weighted by atomic mass is 9.95. The molecule has 5 heteroatoms. The van der Waals surface area contributed by atoms with Gasteiger partial charge in [0.2, 0.25) is 0 Å². The summed E-state index contributed by atoms with van der Waals surface area (Å²) >= 11 is 1.77. The average molecular weight is 866 g/mol. The van der Waals surface area contributed by atoms with Gasteiger partial charge in [-0.3, -0.25) is 0 Å². The summed E-state index contributed by atoms with van der Waals surface area (Å²) in [6.45, 7) is 0. The second-order valence-corrected chi connectivity index (χ2v) is 17.2. The molecule has 0 aliphatic heterocycles. The van der Waals surface area contributed by atoms with Crippen molar-refractivity contribution in [1.29, 1.82) is 0 Å². The minimum absolute atomic E-state index is 0.0625. The zero-order valence-electron chi connectivity index (χ0n) is 42.1. The van der Waals surface area contributed by atoms with E-state index in [1.54, 1.807) is 22.0 Å². The molecule has 0 saturated carbocycles. The van der Waals surface area contributed by atoms with Gasteiger partial charge in [0.15, 0.2) is 17.5 Å². The number of thiophene rings is 1. The summed E-state index contributed by atoms with van der Waals surface area (Å²) in [4.78, 5) is 15.9. The third-order valence-electron chi connectivity index (χ3n) is 12.4. The summed E-state index contributed by atoms with van der Waals surface area (Å²) in [7, 11) is 0. The van der Waals surface area contributed by atoms with Gasteiger partial charge in [-0.2, -0.15) is 0 Å². The Morgan fingerprint density at radius 3 is 1.77 bits per heavy atom. The van der Waals surface area contributed by atoms with Crippen molar-refractivity contribution in [3.63, 3.8) is 0 Å². The molecular weight excluding hydrogens is 821 g/mol. The first-order valence-corrected chi connectivity index (χ1v) is 22.5. The first kappa shape index (κ1) is 31.4. The molecule has 0 radical (unpaired) electrons. The predicted molar refractivity (Wildman–Crippen MR) is 277 cm³/mol. The lowest BCUT2D eigenvalue weighted by Gasteiger charge is -2.15. The number of hydrogen-bond donors (Lipinski definition) is 0. The molecule has 3 aromatic heterocycles. The highest BCUT2D eigenvalue weighted by molar-refractivity contribution is 7.26. The van der Waals surface area contributed by atoms with Crippen LogP contribution in [0.1, 0.15) is 9.60 Å². The lowest BCUT2D eigenvalue weighted by Crippen LogP contribution is -2.04. The van der Waals surface area contributed by atoms with Crippen LogP contribution in [0, 0.1) is 0 Å². The standard InChI is InChI=1S/C61H38N4S/c1-3-17-39(18-4-1)41-35-36-57-53(38-41)50-30-15-27-45(58(50)66-57)42-21-13-22-43(37-42)59-62-60(51-31-16-28-46-44(26-14-29-47(46)51)40-19-5-2-6-20-40)64-61(63-59)52-25-9-12-34-56(52)65-54-32-10-7-23-48(54)49-24-8-11-33-55(49)65/h1-38H/i7D,8D,10D,23D,24D,32D,33D. The minimum atomic E-state index is -0.466. The predicted octanol–water partition coefficient (Wildman–Crippen LogP) is 16.5. The number of nitrogens with zero attached hydrogens (tertiary/aromatic N) is 4. The summed E-state index contributed by atoms with van der Waals surface area (Å²) in [5.74, 6) is 1.10. The smallest absolute Gasteiger partial charge is 0.166 e. The van der Waals surface area contributed by atoms with Gasteiger partial charge >= 0.3 is 0 Å². The maximum absolute atomic E-state index is 9.26. The highest BCUT2D eigenvalue weighted by Gasteiger charge is 2.21. The van der Waals surface area contributed by atoms with Crippen LogP contribution in [0.2, 0.25) is 0 Å². The topological polar surface area (TPSA) is 43.6 Å². The number of para-hydroxylation sites is 3. The maximum Gasteiger partial charge on any atom is 0.166 e. The Labute approximate surface area is 395 Å². The van der Waals surface area contributed by atoms with Crippen molar-refractivity contribution in [2.45, 2.75) is 0 Å². The zero-order valence-corrected chi connectivity index (χ0v) is 35.9. The molecule has 13 aromatic rings. The van der Waals surface area contributed by atoms with Crippen LogP contribution in [0.3, 0.4) is 0 Å². The molecule has 3 heterocycles. The Hall–Kier alpha value is -8.51. The van der Waals surface area contributed by atoms with E-state index in [0.29, 0.717) is 22.9 Å². The van der Waals surface area contributed by atoms with Gasteiger partial charge in [-0.15, -0.1) is 11.3 Å².